The summed E-state index contributed by atoms with van der Waals surface area (Å²) in [5.74, 6) is -0.0918. The summed E-state index contributed by atoms with van der Waals surface area (Å²) >= 11 is 0. The molecule has 1 aliphatic rings. The zero-order valence-electron chi connectivity index (χ0n) is 13.2. The topological polar surface area (TPSA) is 58.4 Å². The van der Waals surface area contributed by atoms with Crippen molar-refractivity contribution in [2.24, 2.45) is 5.73 Å². The highest BCUT2D eigenvalue weighted by molar-refractivity contribution is 5.97. The minimum atomic E-state index is -0.773. The van der Waals surface area contributed by atoms with Gasteiger partial charge in [-0.15, -0.1) is 0 Å². The molecule has 1 aliphatic heterocycles. The summed E-state index contributed by atoms with van der Waals surface area (Å²) in [4.78, 5) is 14.8. The molecule has 4 heteroatoms. The monoisotopic (exact) mass is 289 g/mol. The maximum atomic E-state index is 12.3. The molecule has 0 saturated carbocycles. The molecular weight excluding hydrogens is 262 g/mol. The lowest BCUT2D eigenvalue weighted by Crippen LogP contribution is -2.50. The molecular formula is C17H27N3O. The van der Waals surface area contributed by atoms with Gasteiger partial charge in [-0.05, 0) is 56.5 Å². The molecule has 2 rings (SSSR count). The van der Waals surface area contributed by atoms with Crippen LogP contribution in [0.25, 0.3) is 0 Å². The van der Waals surface area contributed by atoms with Crippen LogP contribution in [0.4, 0.5) is 5.69 Å². The summed E-state index contributed by atoms with van der Waals surface area (Å²) in [6.45, 7) is 7.21. The molecule has 1 aromatic carbocycles. The molecule has 1 saturated heterocycles. The molecule has 21 heavy (non-hydrogen) atoms. The van der Waals surface area contributed by atoms with Gasteiger partial charge in [0.2, 0.25) is 5.91 Å². The number of amides is 1. The molecule has 1 heterocycles. The van der Waals surface area contributed by atoms with E-state index in [0.29, 0.717) is 12.8 Å². The van der Waals surface area contributed by atoms with Crippen molar-refractivity contribution in [3.05, 3.63) is 29.8 Å². The van der Waals surface area contributed by atoms with Gasteiger partial charge in [0.1, 0.15) is 0 Å². The molecule has 0 radical (unpaired) electrons. The largest absolute Gasteiger partial charge is 0.324 e. The van der Waals surface area contributed by atoms with Gasteiger partial charge < -0.3 is 11.1 Å². The van der Waals surface area contributed by atoms with E-state index in [1.165, 1.54) is 31.5 Å². The second-order valence-corrected chi connectivity index (χ2v) is 6.00. The first-order valence-corrected chi connectivity index (χ1v) is 7.99. The van der Waals surface area contributed by atoms with Crippen LogP contribution in [0.2, 0.25) is 0 Å². The van der Waals surface area contributed by atoms with E-state index in [1.54, 1.807) is 0 Å². The van der Waals surface area contributed by atoms with Gasteiger partial charge >= 0.3 is 0 Å². The number of hydrogen-bond acceptors (Lipinski definition) is 3. The Kier molecular flexibility index (Phi) is 5.37. The molecule has 0 spiro atoms. The Morgan fingerprint density at radius 1 is 1.29 bits per heavy atom. The van der Waals surface area contributed by atoms with Crippen molar-refractivity contribution in [3.8, 4) is 0 Å². The molecule has 0 aliphatic carbocycles. The Bertz CT molecular complexity index is 477. The molecule has 0 bridgehead atoms. The second-order valence-electron chi connectivity index (χ2n) is 6.00. The van der Waals surface area contributed by atoms with E-state index in [9.17, 15) is 4.79 Å². The van der Waals surface area contributed by atoms with Gasteiger partial charge in [-0.2, -0.15) is 0 Å². The Hall–Kier alpha value is -1.39. The standard InChI is InChI=1S/C17H27N3O/c1-3-17(18,4-2)16(21)19-15-9-7-8-14(12-15)13-20-10-5-6-11-20/h7-9,12H,3-6,10-11,13,18H2,1-2H3,(H,19,21). The third-order valence-corrected chi connectivity index (χ3v) is 4.50. The van der Waals surface area contributed by atoms with Gasteiger partial charge in [0.05, 0.1) is 5.54 Å². The van der Waals surface area contributed by atoms with Gasteiger partial charge in [0.25, 0.3) is 0 Å². The van der Waals surface area contributed by atoms with Crippen molar-refractivity contribution >= 4 is 11.6 Å². The van der Waals surface area contributed by atoms with Crippen LogP contribution in [0.1, 0.15) is 45.1 Å². The molecule has 4 nitrogen and oxygen atoms in total. The fourth-order valence-corrected chi connectivity index (χ4v) is 2.77. The number of hydrogen-bond donors (Lipinski definition) is 2. The number of benzene rings is 1. The number of nitrogens with two attached hydrogens (primary N) is 1. The zero-order valence-corrected chi connectivity index (χ0v) is 13.2. The van der Waals surface area contributed by atoms with E-state index in [4.69, 9.17) is 5.73 Å². The highest BCUT2D eigenvalue weighted by Gasteiger charge is 2.29. The number of nitrogens with one attached hydrogen (secondary N) is 1. The van der Waals surface area contributed by atoms with Crippen LogP contribution in [0.15, 0.2) is 24.3 Å². The lowest BCUT2D eigenvalue weighted by Gasteiger charge is -2.25. The van der Waals surface area contributed by atoms with Crippen LogP contribution in [0, 0.1) is 0 Å². The van der Waals surface area contributed by atoms with Crippen LogP contribution in [-0.2, 0) is 11.3 Å². The van der Waals surface area contributed by atoms with Gasteiger partial charge in [-0.1, -0.05) is 26.0 Å². The van der Waals surface area contributed by atoms with E-state index in [0.717, 1.165) is 12.2 Å². The van der Waals surface area contributed by atoms with Gasteiger partial charge in [-0.25, -0.2) is 0 Å². The van der Waals surface area contributed by atoms with Gasteiger partial charge in [-0.3, -0.25) is 9.69 Å². The van der Waals surface area contributed by atoms with E-state index in [2.05, 4.69) is 22.3 Å². The summed E-state index contributed by atoms with van der Waals surface area (Å²) in [7, 11) is 0. The minimum absolute atomic E-state index is 0.0918. The Morgan fingerprint density at radius 2 is 1.95 bits per heavy atom. The predicted octanol–water partition coefficient (Wildman–Crippen LogP) is 2.74. The molecule has 3 N–H and O–H groups in total. The lowest BCUT2D eigenvalue weighted by atomic mass is 9.93. The van der Waals surface area contributed by atoms with Gasteiger partial charge in [0.15, 0.2) is 0 Å². The summed E-state index contributed by atoms with van der Waals surface area (Å²) in [6, 6.07) is 8.10. The van der Waals surface area contributed by atoms with Crippen molar-refractivity contribution < 1.29 is 4.79 Å². The van der Waals surface area contributed by atoms with Crippen molar-refractivity contribution in [3.63, 3.8) is 0 Å². The molecule has 1 aromatic rings. The molecule has 0 atom stereocenters. The van der Waals surface area contributed by atoms with Crippen LogP contribution in [-0.4, -0.2) is 29.4 Å². The number of likely N-dealkylation sites (tertiary alicyclic amines) is 1. The van der Waals surface area contributed by atoms with Gasteiger partial charge in [0, 0.05) is 12.2 Å². The first-order valence-electron chi connectivity index (χ1n) is 7.99. The zero-order chi connectivity index (χ0) is 15.3. The van der Waals surface area contributed by atoms with Crippen molar-refractivity contribution in [2.45, 2.75) is 51.6 Å². The minimum Gasteiger partial charge on any atom is -0.324 e. The number of rotatable bonds is 6. The third-order valence-electron chi connectivity index (χ3n) is 4.50. The van der Waals surface area contributed by atoms with Crippen LogP contribution in [0.5, 0.6) is 0 Å². The van der Waals surface area contributed by atoms with Crippen molar-refractivity contribution in [1.82, 2.24) is 4.90 Å². The maximum absolute atomic E-state index is 12.3. The summed E-state index contributed by atoms with van der Waals surface area (Å²) < 4.78 is 0. The lowest BCUT2D eigenvalue weighted by molar-refractivity contribution is -0.121. The Labute approximate surface area is 127 Å². The predicted molar refractivity (Wildman–Crippen MR) is 87.1 cm³/mol. The van der Waals surface area contributed by atoms with Crippen molar-refractivity contribution in [2.75, 3.05) is 18.4 Å². The van der Waals surface area contributed by atoms with Crippen LogP contribution >= 0.6 is 0 Å². The molecule has 1 fully saturated rings. The van der Waals surface area contributed by atoms with E-state index >= 15 is 0 Å². The number of anilines is 1. The second kappa shape index (κ2) is 7.05. The van der Waals surface area contributed by atoms with E-state index in [1.807, 2.05) is 26.0 Å². The van der Waals surface area contributed by atoms with Crippen LogP contribution < -0.4 is 11.1 Å². The van der Waals surface area contributed by atoms with E-state index < -0.39 is 5.54 Å². The quantitative estimate of drug-likeness (QED) is 0.846. The Morgan fingerprint density at radius 3 is 2.57 bits per heavy atom. The average Bonchev–Trinajstić information content (AvgIpc) is 2.99. The summed E-state index contributed by atoms with van der Waals surface area (Å²) in [5, 5.41) is 2.97. The first kappa shape index (κ1) is 16.0. The summed E-state index contributed by atoms with van der Waals surface area (Å²) in [6.07, 6.45) is 3.86. The fourth-order valence-electron chi connectivity index (χ4n) is 2.77. The average molecular weight is 289 g/mol. The maximum Gasteiger partial charge on any atom is 0.244 e. The highest BCUT2D eigenvalue weighted by Crippen LogP contribution is 2.19. The molecule has 116 valence electrons. The fraction of sp³-hybridized carbons (Fsp3) is 0.588. The normalized spacial score (nSPS) is 16.1. The molecule has 0 unspecified atom stereocenters. The van der Waals surface area contributed by atoms with Crippen molar-refractivity contribution in [1.29, 1.82) is 0 Å². The highest BCUT2D eigenvalue weighted by atomic mass is 16.2. The van der Waals surface area contributed by atoms with Crippen LogP contribution in [0.3, 0.4) is 0 Å². The smallest absolute Gasteiger partial charge is 0.244 e. The first-order chi connectivity index (χ1) is 10.1. The molecule has 0 aromatic heterocycles. The number of carbonyl (C=O) groups is 1. The third kappa shape index (κ3) is 4.05. The Balaban J connectivity index is 2.01. The molecule has 1 amide bonds. The SMILES string of the molecule is CCC(N)(CC)C(=O)Nc1cccc(CN2CCCC2)c1. The number of carbonyl (C=O) groups excluding carboxylic acids is 1. The summed E-state index contributed by atoms with van der Waals surface area (Å²) in [5.41, 5.74) is 7.45. The van der Waals surface area contributed by atoms with E-state index in [-0.39, 0.29) is 5.91 Å². The number of nitrogens with zero attached hydrogens (tertiary/aromatic N) is 1.